The Hall–Kier alpha value is -3.39. The number of carboxylic acids is 1. The summed E-state index contributed by atoms with van der Waals surface area (Å²) in [7, 11) is 0. The normalized spacial score (nSPS) is 13.8. The van der Waals surface area contributed by atoms with E-state index in [0.29, 0.717) is 0 Å². The first-order valence-corrected chi connectivity index (χ1v) is 11.8. The summed E-state index contributed by atoms with van der Waals surface area (Å²) < 4.78 is 10.8. The molecule has 0 saturated carbocycles. The maximum Gasteiger partial charge on any atom is 0.407 e. The lowest BCUT2D eigenvalue weighted by atomic mass is 9.98. The predicted molar refractivity (Wildman–Crippen MR) is 132 cm³/mol. The molecule has 1 aliphatic rings. The number of carbonyl (C=O) groups excluding carboxylic acids is 2. The van der Waals surface area contributed by atoms with Crippen molar-refractivity contribution in [2.75, 3.05) is 19.7 Å². The number of aliphatic carboxylic acids is 1. The van der Waals surface area contributed by atoms with Gasteiger partial charge in [-0.3, -0.25) is 9.69 Å². The number of carbonyl (C=O) groups is 3. The number of hydrogen-bond acceptors (Lipinski definition) is 6. The lowest BCUT2D eigenvalue weighted by Gasteiger charge is -2.30. The van der Waals surface area contributed by atoms with Crippen molar-refractivity contribution in [2.45, 2.75) is 58.2 Å². The van der Waals surface area contributed by atoms with Gasteiger partial charge in [0.2, 0.25) is 0 Å². The molecule has 2 aromatic rings. The molecule has 8 nitrogen and oxygen atoms in total. The Kier molecular flexibility index (Phi) is 8.17. The predicted octanol–water partition coefficient (Wildman–Crippen LogP) is 4.03. The van der Waals surface area contributed by atoms with E-state index in [4.69, 9.17) is 9.47 Å². The molecule has 0 radical (unpaired) electrons. The number of nitrogens with one attached hydrogen (secondary N) is 1. The number of esters is 1. The molecule has 3 rings (SSSR count). The molecule has 0 saturated heterocycles. The maximum atomic E-state index is 12.6. The van der Waals surface area contributed by atoms with Crippen molar-refractivity contribution in [2.24, 2.45) is 0 Å². The standard InChI is InChI=1S/C27H34N2O6/c1-17(2)29(15-24(30)35-27(3,4)5)14-23(25(31)32)28-26(33)34-16-22-20-12-8-6-10-18(20)19-11-7-9-13-21(19)22/h6-13,17,22-23H,14-16H2,1-5H3,(H,28,33)(H,31,32)/t23-/m0/s1. The summed E-state index contributed by atoms with van der Waals surface area (Å²) in [5, 5.41) is 12.1. The Bertz CT molecular complexity index is 1030. The van der Waals surface area contributed by atoms with Gasteiger partial charge in [0.1, 0.15) is 18.2 Å². The Labute approximate surface area is 206 Å². The molecule has 0 unspecified atom stereocenters. The van der Waals surface area contributed by atoms with Crippen LogP contribution in [0.2, 0.25) is 0 Å². The summed E-state index contributed by atoms with van der Waals surface area (Å²) in [6.07, 6.45) is -0.819. The Morgan fingerprint density at radius 3 is 2.03 bits per heavy atom. The summed E-state index contributed by atoms with van der Waals surface area (Å²) >= 11 is 0. The number of fused-ring (bicyclic) bond motifs is 3. The highest BCUT2D eigenvalue weighted by molar-refractivity contribution is 5.81. The van der Waals surface area contributed by atoms with Crippen molar-refractivity contribution >= 4 is 18.0 Å². The van der Waals surface area contributed by atoms with Gasteiger partial charge in [-0.05, 0) is 56.9 Å². The van der Waals surface area contributed by atoms with Gasteiger partial charge in [-0.15, -0.1) is 0 Å². The Morgan fingerprint density at radius 1 is 1.00 bits per heavy atom. The Morgan fingerprint density at radius 2 is 1.54 bits per heavy atom. The minimum Gasteiger partial charge on any atom is -0.480 e. The van der Waals surface area contributed by atoms with Crippen molar-refractivity contribution in [3.8, 4) is 11.1 Å². The number of benzene rings is 2. The largest absolute Gasteiger partial charge is 0.480 e. The molecule has 0 bridgehead atoms. The van der Waals surface area contributed by atoms with Crippen molar-refractivity contribution in [3.05, 3.63) is 59.7 Å². The molecule has 35 heavy (non-hydrogen) atoms. The minimum absolute atomic E-state index is 0.0730. The highest BCUT2D eigenvalue weighted by Gasteiger charge is 2.31. The molecule has 188 valence electrons. The van der Waals surface area contributed by atoms with Crippen LogP contribution in [0, 0.1) is 0 Å². The van der Waals surface area contributed by atoms with E-state index in [1.807, 2.05) is 62.4 Å². The van der Waals surface area contributed by atoms with Crippen molar-refractivity contribution in [3.63, 3.8) is 0 Å². The number of amides is 1. The summed E-state index contributed by atoms with van der Waals surface area (Å²) in [6, 6.07) is 14.6. The molecule has 0 heterocycles. The quantitative estimate of drug-likeness (QED) is 0.520. The molecular formula is C27H34N2O6. The van der Waals surface area contributed by atoms with Gasteiger partial charge in [0, 0.05) is 18.5 Å². The summed E-state index contributed by atoms with van der Waals surface area (Å²) in [4.78, 5) is 38.4. The van der Waals surface area contributed by atoms with Gasteiger partial charge in [-0.1, -0.05) is 48.5 Å². The molecule has 2 aromatic carbocycles. The first-order chi connectivity index (χ1) is 16.5. The van der Waals surface area contributed by atoms with Crippen LogP contribution in [-0.2, 0) is 19.1 Å². The molecule has 1 aliphatic carbocycles. The zero-order chi connectivity index (χ0) is 25.8. The maximum absolute atomic E-state index is 12.6. The third-order valence-corrected chi connectivity index (χ3v) is 5.83. The van der Waals surface area contributed by atoms with E-state index in [1.165, 1.54) is 0 Å². The molecule has 8 heteroatoms. The van der Waals surface area contributed by atoms with Gasteiger partial charge in [-0.2, -0.15) is 0 Å². The topological polar surface area (TPSA) is 105 Å². The van der Waals surface area contributed by atoms with Crippen LogP contribution in [0.5, 0.6) is 0 Å². The molecule has 0 spiro atoms. The smallest absolute Gasteiger partial charge is 0.407 e. The van der Waals surface area contributed by atoms with Gasteiger partial charge in [-0.25, -0.2) is 9.59 Å². The second kappa shape index (κ2) is 10.9. The van der Waals surface area contributed by atoms with E-state index < -0.39 is 29.7 Å². The highest BCUT2D eigenvalue weighted by Crippen LogP contribution is 2.44. The lowest BCUT2D eigenvalue weighted by molar-refractivity contribution is -0.157. The van der Waals surface area contributed by atoms with E-state index in [2.05, 4.69) is 5.32 Å². The van der Waals surface area contributed by atoms with Crippen LogP contribution in [0.15, 0.2) is 48.5 Å². The fourth-order valence-corrected chi connectivity index (χ4v) is 4.20. The second-order valence-electron chi connectivity index (χ2n) is 9.97. The number of alkyl carbamates (subject to hydrolysis) is 1. The Balaban J connectivity index is 1.63. The first kappa shape index (κ1) is 26.2. The molecule has 1 amide bonds. The van der Waals surface area contributed by atoms with Crippen LogP contribution >= 0.6 is 0 Å². The first-order valence-electron chi connectivity index (χ1n) is 11.8. The number of carboxylic acid groups (broad SMARTS) is 1. The fraction of sp³-hybridized carbons (Fsp3) is 0.444. The van der Waals surface area contributed by atoms with E-state index >= 15 is 0 Å². The summed E-state index contributed by atoms with van der Waals surface area (Å²) in [5.41, 5.74) is 3.70. The number of rotatable bonds is 9. The van der Waals surface area contributed by atoms with Crippen LogP contribution in [-0.4, -0.2) is 65.4 Å². The fourth-order valence-electron chi connectivity index (χ4n) is 4.20. The summed E-state index contributed by atoms with van der Waals surface area (Å²) in [5.74, 6) is -1.81. The highest BCUT2D eigenvalue weighted by atomic mass is 16.6. The van der Waals surface area contributed by atoms with Gasteiger partial charge in [0.25, 0.3) is 0 Å². The van der Waals surface area contributed by atoms with E-state index in [1.54, 1.807) is 25.7 Å². The van der Waals surface area contributed by atoms with Crippen molar-refractivity contribution in [1.29, 1.82) is 0 Å². The second-order valence-corrected chi connectivity index (χ2v) is 9.97. The van der Waals surface area contributed by atoms with Crippen LogP contribution in [0.25, 0.3) is 11.1 Å². The number of hydrogen-bond donors (Lipinski definition) is 2. The lowest BCUT2D eigenvalue weighted by Crippen LogP contribution is -2.51. The van der Waals surface area contributed by atoms with Crippen LogP contribution in [0.4, 0.5) is 4.79 Å². The van der Waals surface area contributed by atoms with Crippen LogP contribution in [0.1, 0.15) is 51.7 Å². The number of ether oxygens (including phenoxy) is 2. The van der Waals surface area contributed by atoms with E-state index in [-0.39, 0.29) is 31.7 Å². The molecule has 0 aliphatic heterocycles. The van der Waals surface area contributed by atoms with Gasteiger partial charge in [0.15, 0.2) is 0 Å². The van der Waals surface area contributed by atoms with Crippen molar-refractivity contribution < 1.29 is 29.0 Å². The van der Waals surface area contributed by atoms with Crippen LogP contribution in [0.3, 0.4) is 0 Å². The van der Waals surface area contributed by atoms with Gasteiger partial charge in [0.05, 0.1) is 6.54 Å². The molecule has 0 aromatic heterocycles. The zero-order valence-electron chi connectivity index (χ0n) is 20.9. The van der Waals surface area contributed by atoms with E-state index in [9.17, 15) is 19.5 Å². The third kappa shape index (κ3) is 6.82. The van der Waals surface area contributed by atoms with E-state index in [0.717, 1.165) is 22.3 Å². The minimum atomic E-state index is -1.25. The average molecular weight is 483 g/mol. The molecular weight excluding hydrogens is 448 g/mol. The molecule has 2 N–H and O–H groups in total. The zero-order valence-corrected chi connectivity index (χ0v) is 20.9. The SMILES string of the molecule is CC(C)N(CC(=O)OC(C)(C)C)C[C@H](NC(=O)OCC1c2ccccc2-c2ccccc21)C(=O)O. The average Bonchev–Trinajstić information content (AvgIpc) is 3.09. The monoisotopic (exact) mass is 482 g/mol. The third-order valence-electron chi connectivity index (χ3n) is 5.83. The number of nitrogens with zero attached hydrogens (tertiary/aromatic N) is 1. The van der Waals surface area contributed by atoms with Crippen molar-refractivity contribution in [1.82, 2.24) is 10.2 Å². The van der Waals surface area contributed by atoms with Gasteiger partial charge < -0.3 is 19.9 Å². The van der Waals surface area contributed by atoms with Gasteiger partial charge >= 0.3 is 18.0 Å². The summed E-state index contributed by atoms with van der Waals surface area (Å²) in [6.45, 7) is 8.91. The molecule has 1 atom stereocenters. The molecule has 0 fully saturated rings. The van der Waals surface area contributed by atoms with Crippen LogP contribution < -0.4 is 5.32 Å².